The second-order valence-electron chi connectivity index (χ2n) is 9.43. The fourth-order valence-electron chi connectivity index (χ4n) is 4.88. The summed E-state index contributed by atoms with van der Waals surface area (Å²) < 4.78 is 11.3. The van der Waals surface area contributed by atoms with Crippen LogP contribution in [0.5, 0.6) is 0 Å². The number of aliphatic hydroxyl groups is 2. The maximum atomic E-state index is 12.9. The molecule has 1 rings (SSSR count). The molecule has 1 aliphatic rings. The van der Waals surface area contributed by atoms with Gasteiger partial charge < -0.3 is 19.7 Å². The molecule has 0 aromatic rings. The SMILES string of the molecule is CC[C@H]1OC(=O)C(C)C(=O)[C@H](C)C[C@](C)(OC)C[C@@H](C)C(=NC)C(C)C(O)[C@]1(C)O. The van der Waals surface area contributed by atoms with Crippen molar-refractivity contribution in [2.45, 2.75) is 91.1 Å². The van der Waals surface area contributed by atoms with E-state index in [1.807, 2.05) is 20.8 Å². The maximum Gasteiger partial charge on any atom is 0.316 e. The summed E-state index contributed by atoms with van der Waals surface area (Å²) in [5.41, 5.74) is -1.57. The first-order chi connectivity index (χ1) is 13.8. The van der Waals surface area contributed by atoms with Gasteiger partial charge in [0.25, 0.3) is 0 Å². The van der Waals surface area contributed by atoms with Gasteiger partial charge in [0.05, 0.1) is 11.7 Å². The van der Waals surface area contributed by atoms with Crippen LogP contribution in [-0.2, 0) is 19.1 Å². The Hall–Kier alpha value is -1.31. The van der Waals surface area contributed by atoms with E-state index in [9.17, 15) is 19.8 Å². The highest BCUT2D eigenvalue weighted by Gasteiger charge is 2.46. The highest BCUT2D eigenvalue weighted by molar-refractivity contribution is 5.99. The molecular formula is C23H41NO6. The van der Waals surface area contributed by atoms with E-state index in [2.05, 4.69) is 4.99 Å². The Bertz CT molecular complexity index is 646. The molecule has 1 fully saturated rings. The minimum absolute atomic E-state index is 0.0503. The zero-order valence-electron chi connectivity index (χ0n) is 20.1. The number of nitrogens with zero attached hydrogens (tertiary/aromatic N) is 1. The lowest BCUT2D eigenvalue weighted by molar-refractivity contribution is -0.186. The Labute approximate surface area is 181 Å². The topological polar surface area (TPSA) is 105 Å². The molecule has 2 N–H and O–H groups in total. The zero-order chi connectivity index (χ0) is 23.4. The van der Waals surface area contributed by atoms with E-state index in [-0.39, 0.29) is 11.7 Å². The van der Waals surface area contributed by atoms with Crippen LogP contribution in [0.1, 0.15) is 67.7 Å². The molecule has 8 atom stereocenters. The van der Waals surface area contributed by atoms with Crippen molar-refractivity contribution >= 4 is 17.5 Å². The minimum Gasteiger partial charge on any atom is -0.459 e. The van der Waals surface area contributed by atoms with Crippen LogP contribution in [0, 0.1) is 23.7 Å². The molecule has 0 saturated carbocycles. The van der Waals surface area contributed by atoms with Gasteiger partial charge in [0, 0.05) is 31.7 Å². The van der Waals surface area contributed by atoms with E-state index >= 15 is 0 Å². The minimum atomic E-state index is -1.71. The third-order valence-corrected chi connectivity index (χ3v) is 6.82. The lowest BCUT2D eigenvalue weighted by Gasteiger charge is -2.41. The molecule has 0 spiro atoms. The Morgan fingerprint density at radius 2 is 1.67 bits per heavy atom. The molecule has 0 aromatic carbocycles. The average Bonchev–Trinajstić information content (AvgIpc) is 2.69. The van der Waals surface area contributed by atoms with Gasteiger partial charge in [-0.3, -0.25) is 14.6 Å². The number of hydrogen-bond donors (Lipinski definition) is 2. The molecule has 3 unspecified atom stereocenters. The summed E-state index contributed by atoms with van der Waals surface area (Å²) in [7, 11) is 3.28. The number of esters is 1. The molecule has 7 heteroatoms. The Morgan fingerprint density at radius 1 is 1.13 bits per heavy atom. The lowest BCUT2D eigenvalue weighted by atomic mass is 9.75. The molecule has 1 aliphatic heterocycles. The van der Waals surface area contributed by atoms with Crippen LogP contribution in [0.15, 0.2) is 4.99 Å². The first kappa shape index (κ1) is 26.7. The maximum absolute atomic E-state index is 12.9. The summed E-state index contributed by atoms with van der Waals surface area (Å²) in [6.45, 7) is 12.3. The van der Waals surface area contributed by atoms with Gasteiger partial charge in [0.15, 0.2) is 0 Å². The van der Waals surface area contributed by atoms with Gasteiger partial charge in [-0.15, -0.1) is 0 Å². The predicted molar refractivity (Wildman–Crippen MR) is 116 cm³/mol. The third-order valence-electron chi connectivity index (χ3n) is 6.82. The van der Waals surface area contributed by atoms with Gasteiger partial charge >= 0.3 is 5.97 Å². The van der Waals surface area contributed by atoms with E-state index in [1.54, 1.807) is 28.0 Å². The fourth-order valence-corrected chi connectivity index (χ4v) is 4.88. The van der Waals surface area contributed by atoms with Crippen LogP contribution in [0.2, 0.25) is 0 Å². The standard InChI is InChI=1S/C23H41NO6/c1-10-17-23(7,28)20(26)15(4)18(24-8)13(2)11-22(6,29-9)12-14(3)19(25)16(5)21(27)30-17/h13-17,20,26,28H,10-12H2,1-9H3/t13-,14-,15?,16?,17-,20?,22-,23-/m1/s1. The van der Waals surface area contributed by atoms with E-state index in [4.69, 9.17) is 9.47 Å². The van der Waals surface area contributed by atoms with E-state index in [0.29, 0.717) is 19.3 Å². The molecule has 0 radical (unpaired) electrons. The summed E-state index contributed by atoms with van der Waals surface area (Å²) >= 11 is 0. The largest absolute Gasteiger partial charge is 0.459 e. The Kier molecular flexibility index (Phi) is 9.21. The molecular weight excluding hydrogens is 386 g/mol. The van der Waals surface area contributed by atoms with Gasteiger partial charge in [-0.25, -0.2) is 0 Å². The summed E-state index contributed by atoms with van der Waals surface area (Å²) in [6, 6.07) is 0. The molecule has 0 aliphatic carbocycles. The Balaban J connectivity index is 3.48. The van der Waals surface area contributed by atoms with Crippen LogP contribution >= 0.6 is 0 Å². The predicted octanol–water partition coefficient (Wildman–Crippen LogP) is 2.80. The van der Waals surface area contributed by atoms with Gasteiger partial charge in [-0.2, -0.15) is 0 Å². The second-order valence-corrected chi connectivity index (χ2v) is 9.43. The molecule has 0 amide bonds. The Morgan fingerprint density at radius 3 is 2.13 bits per heavy atom. The molecule has 30 heavy (non-hydrogen) atoms. The van der Waals surface area contributed by atoms with Gasteiger partial charge in [0.1, 0.15) is 23.4 Å². The highest BCUT2D eigenvalue weighted by Crippen LogP contribution is 2.34. The van der Waals surface area contributed by atoms with Crippen LogP contribution in [0.25, 0.3) is 0 Å². The normalized spacial score (nSPS) is 43.9. The van der Waals surface area contributed by atoms with Gasteiger partial charge in [0.2, 0.25) is 0 Å². The van der Waals surface area contributed by atoms with Crippen molar-refractivity contribution in [1.82, 2.24) is 0 Å². The van der Waals surface area contributed by atoms with Crippen LogP contribution in [0.3, 0.4) is 0 Å². The van der Waals surface area contributed by atoms with Crippen molar-refractivity contribution in [3.63, 3.8) is 0 Å². The monoisotopic (exact) mass is 427 g/mol. The molecule has 1 saturated heterocycles. The summed E-state index contributed by atoms with van der Waals surface area (Å²) in [5.74, 6) is -2.79. The number of aliphatic hydroxyl groups excluding tert-OH is 1. The third kappa shape index (κ3) is 5.68. The van der Waals surface area contributed by atoms with Gasteiger partial charge in [-0.05, 0) is 46.0 Å². The molecule has 0 bridgehead atoms. The molecule has 174 valence electrons. The average molecular weight is 428 g/mol. The van der Waals surface area contributed by atoms with Crippen molar-refractivity contribution in [1.29, 1.82) is 0 Å². The van der Waals surface area contributed by atoms with Crippen LogP contribution < -0.4 is 0 Å². The number of Topliss-reactive ketones (excluding diaryl/α,β-unsaturated/α-hetero) is 1. The number of carbonyl (C=O) groups excluding carboxylic acids is 2. The first-order valence-electron chi connectivity index (χ1n) is 10.9. The summed E-state index contributed by atoms with van der Waals surface area (Å²) in [4.78, 5) is 30.0. The van der Waals surface area contributed by atoms with Crippen LogP contribution in [-0.4, -0.2) is 65.2 Å². The smallest absolute Gasteiger partial charge is 0.316 e. The lowest BCUT2D eigenvalue weighted by Crippen LogP contribution is -2.56. The van der Waals surface area contributed by atoms with Crippen molar-refractivity contribution in [2.24, 2.45) is 28.7 Å². The second kappa shape index (κ2) is 10.3. The molecule has 0 aromatic heterocycles. The van der Waals surface area contributed by atoms with Crippen molar-refractivity contribution in [3.8, 4) is 0 Å². The van der Waals surface area contributed by atoms with Crippen LogP contribution in [0.4, 0.5) is 0 Å². The molecule has 1 heterocycles. The number of carbonyl (C=O) groups is 2. The van der Waals surface area contributed by atoms with E-state index in [0.717, 1.165) is 5.71 Å². The quantitative estimate of drug-likeness (QED) is 0.519. The summed E-state index contributed by atoms with van der Waals surface area (Å²) in [5, 5.41) is 22.2. The van der Waals surface area contributed by atoms with Crippen molar-refractivity contribution in [2.75, 3.05) is 14.2 Å². The molecule has 7 nitrogen and oxygen atoms in total. The van der Waals surface area contributed by atoms with Crippen molar-refractivity contribution < 1.29 is 29.3 Å². The van der Waals surface area contributed by atoms with E-state index < -0.39 is 47.1 Å². The number of methoxy groups -OCH3 is 1. The first-order valence-corrected chi connectivity index (χ1v) is 10.9. The van der Waals surface area contributed by atoms with E-state index in [1.165, 1.54) is 13.8 Å². The number of rotatable bonds is 2. The fraction of sp³-hybridized carbons (Fsp3) is 0.870. The van der Waals surface area contributed by atoms with Gasteiger partial charge in [-0.1, -0.05) is 27.7 Å². The zero-order valence-corrected chi connectivity index (χ0v) is 20.1. The highest BCUT2D eigenvalue weighted by atomic mass is 16.6. The number of ketones is 1. The number of aliphatic imine (C=N–C) groups is 1. The number of ether oxygens (including phenoxy) is 2. The van der Waals surface area contributed by atoms with Crippen molar-refractivity contribution in [3.05, 3.63) is 0 Å². The number of cyclic esters (lactones) is 1. The summed E-state index contributed by atoms with van der Waals surface area (Å²) in [6.07, 6.45) is -0.822. The number of hydrogen-bond acceptors (Lipinski definition) is 7.